The molecule has 3 aromatic rings. The number of hydrogen-bond acceptors (Lipinski definition) is 5. The summed E-state index contributed by atoms with van der Waals surface area (Å²) in [4.78, 5) is 12.1. The van der Waals surface area contributed by atoms with E-state index in [9.17, 15) is 4.79 Å². The van der Waals surface area contributed by atoms with Gasteiger partial charge in [-0.25, -0.2) is 5.01 Å². The Labute approximate surface area is 149 Å². The van der Waals surface area contributed by atoms with Crippen LogP contribution in [-0.2, 0) is 4.79 Å². The fourth-order valence-corrected chi connectivity index (χ4v) is 3.45. The first kappa shape index (κ1) is 15.0. The second kappa shape index (κ2) is 5.62. The Morgan fingerprint density at radius 2 is 1.96 bits per heavy atom. The predicted octanol–water partition coefficient (Wildman–Crippen LogP) is 3.86. The molecule has 2 aliphatic rings. The van der Waals surface area contributed by atoms with Crippen molar-refractivity contribution in [2.45, 2.75) is 19.4 Å². The van der Waals surface area contributed by atoms with Gasteiger partial charge in [0.25, 0.3) is 0 Å². The van der Waals surface area contributed by atoms with Crippen molar-refractivity contribution in [1.82, 2.24) is 5.01 Å². The first-order chi connectivity index (χ1) is 12.7. The summed E-state index contributed by atoms with van der Waals surface area (Å²) >= 11 is 0. The number of furan rings is 1. The van der Waals surface area contributed by atoms with Crippen molar-refractivity contribution in [3.05, 3.63) is 59.9 Å². The van der Waals surface area contributed by atoms with E-state index in [4.69, 9.17) is 13.9 Å². The number of hydrogen-bond donors (Lipinski definition) is 0. The Morgan fingerprint density at radius 1 is 1.12 bits per heavy atom. The number of fused-ring (bicyclic) bond motifs is 2. The van der Waals surface area contributed by atoms with Crippen LogP contribution in [0.25, 0.3) is 11.0 Å². The third-order valence-corrected chi connectivity index (χ3v) is 4.72. The van der Waals surface area contributed by atoms with Gasteiger partial charge in [-0.1, -0.05) is 24.3 Å². The van der Waals surface area contributed by atoms with Crippen LogP contribution in [0.3, 0.4) is 0 Å². The molecule has 0 saturated heterocycles. The van der Waals surface area contributed by atoms with Crippen LogP contribution >= 0.6 is 0 Å². The monoisotopic (exact) mass is 348 g/mol. The number of ether oxygens (including phenoxy) is 2. The zero-order chi connectivity index (χ0) is 17.7. The topological polar surface area (TPSA) is 64.3 Å². The van der Waals surface area contributed by atoms with Crippen molar-refractivity contribution in [3.63, 3.8) is 0 Å². The second-order valence-electron chi connectivity index (χ2n) is 6.39. The van der Waals surface area contributed by atoms with Gasteiger partial charge in [0.15, 0.2) is 17.3 Å². The van der Waals surface area contributed by atoms with Crippen LogP contribution in [0.5, 0.6) is 11.5 Å². The zero-order valence-electron chi connectivity index (χ0n) is 14.1. The molecule has 130 valence electrons. The molecule has 26 heavy (non-hydrogen) atoms. The number of carbonyl (C=O) groups is 1. The Hall–Kier alpha value is -3.28. The van der Waals surface area contributed by atoms with Gasteiger partial charge >= 0.3 is 0 Å². The van der Waals surface area contributed by atoms with Crippen LogP contribution in [0.1, 0.15) is 30.7 Å². The minimum Gasteiger partial charge on any atom is -0.455 e. The van der Waals surface area contributed by atoms with E-state index in [1.54, 1.807) is 0 Å². The molecule has 6 nitrogen and oxygen atoms in total. The molecule has 0 unspecified atom stereocenters. The smallest absolute Gasteiger partial charge is 0.240 e. The fraction of sp³-hybridized carbons (Fsp3) is 0.200. The minimum absolute atomic E-state index is 0.112. The largest absolute Gasteiger partial charge is 0.455 e. The van der Waals surface area contributed by atoms with Crippen molar-refractivity contribution in [3.8, 4) is 11.5 Å². The number of rotatable bonds is 2. The third-order valence-electron chi connectivity index (χ3n) is 4.72. The summed E-state index contributed by atoms with van der Waals surface area (Å²) < 4.78 is 16.8. The molecule has 0 N–H and O–H groups in total. The molecule has 1 amide bonds. The van der Waals surface area contributed by atoms with Gasteiger partial charge in [-0.3, -0.25) is 4.79 Å². The van der Waals surface area contributed by atoms with E-state index in [1.807, 2.05) is 48.5 Å². The van der Waals surface area contributed by atoms with Crippen molar-refractivity contribution in [2.75, 3.05) is 6.79 Å². The van der Waals surface area contributed by atoms with E-state index in [-0.39, 0.29) is 18.7 Å². The van der Waals surface area contributed by atoms with Crippen molar-refractivity contribution < 1.29 is 18.7 Å². The maximum Gasteiger partial charge on any atom is 0.240 e. The summed E-state index contributed by atoms with van der Waals surface area (Å²) in [6, 6.07) is 15.3. The zero-order valence-corrected chi connectivity index (χ0v) is 14.1. The Morgan fingerprint density at radius 3 is 2.81 bits per heavy atom. The van der Waals surface area contributed by atoms with Gasteiger partial charge in [0, 0.05) is 18.7 Å². The lowest BCUT2D eigenvalue weighted by Gasteiger charge is -2.20. The average molecular weight is 348 g/mol. The second-order valence-corrected chi connectivity index (χ2v) is 6.39. The minimum atomic E-state index is -0.190. The Bertz CT molecular complexity index is 1020. The molecule has 0 spiro atoms. The van der Waals surface area contributed by atoms with Gasteiger partial charge in [-0.15, -0.1) is 0 Å². The normalized spacial score (nSPS) is 18.4. The van der Waals surface area contributed by atoms with E-state index >= 15 is 0 Å². The van der Waals surface area contributed by atoms with Crippen molar-refractivity contribution in [1.29, 1.82) is 0 Å². The van der Waals surface area contributed by atoms with Gasteiger partial charge in [0.05, 0.1) is 6.04 Å². The Kier molecular flexibility index (Phi) is 3.25. The molecule has 5 rings (SSSR count). The first-order valence-electron chi connectivity index (χ1n) is 8.45. The highest BCUT2D eigenvalue weighted by molar-refractivity contribution is 6.03. The van der Waals surface area contributed by atoms with E-state index in [2.05, 4.69) is 5.10 Å². The van der Waals surface area contributed by atoms with Gasteiger partial charge in [0.2, 0.25) is 12.7 Å². The van der Waals surface area contributed by atoms with Crippen molar-refractivity contribution >= 4 is 22.6 Å². The highest BCUT2D eigenvalue weighted by Crippen LogP contribution is 2.39. The van der Waals surface area contributed by atoms with Gasteiger partial charge in [-0.05, 0) is 29.8 Å². The molecular weight excluding hydrogens is 332 g/mol. The van der Waals surface area contributed by atoms with Gasteiger partial charge < -0.3 is 13.9 Å². The lowest BCUT2D eigenvalue weighted by atomic mass is 10.0. The molecule has 3 heterocycles. The summed E-state index contributed by atoms with van der Waals surface area (Å²) in [6.07, 6.45) is 0.582. The predicted molar refractivity (Wildman–Crippen MR) is 95.2 cm³/mol. The number of amides is 1. The van der Waals surface area contributed by atoms with Crippen LogP contribution in [0.4, 0.5) is 0 Å². The molecule has 2 aromatic carbocycles. The van der Waals surface area contributed by atoms with Crippen LogP contribution in [0.15, 0.2) is 58.0 Å². The Balaban J connectivity index is 1.51. The quantitative estimate of drug-likeness (QED) is 0.705. The lowest BCUT2D eigenvalue weighted by Crippen LogP contribution is -2.24. The molecule has 0 aliphatic carbocycles. The molecule has 6 heteroatoms. The maximum absolute atomic E-state index is 12.1. The summed E-state index contributed by atoms with van der Waals surface area (Å²) in [5, 5.41) is 7.07. The van der Waals surface area contributed by atoms with Crippen LogP contribution in [-0.4, -0.2) is 23.4 Å². The summed E-state index contributed by atoms with van der Waals surface area (Å²) in [6.45, 7) is 1.74. The molecule has 0 saturated carbocycles. The summed E-state index contributed by atoms with van der Waals surface area (Å²) in [7, 11) is 0. The number of carbonyl (C=O) groups excluding carboxylic acids is 1. The highest BCUT2D eigenvalue weighted by Gasteiger charge is 2.33. The molecule has 0 radical (unpaired) electrons. The van der Waals surface area contributed by atoms with Gasteiger partial charge in [-0.2, -0.15) is 5.10 Å². The number of para-hydroxylation sites is 1. The molecular formula is C20H16N2O4. The van der Waals surface area contributed by atoms with E-state index in [0.717, 1.165) is 28.0 Å². The van der Waals surface area contributed by atoms with E-state index in [0.29, 0.717) is 17.9 Å². The molecule has 2 aliphatic heterocycles. The van der Waals surface area contributed by atoms with Crippen LogP contribution in [0, 0.1) is 0 Å². The third kappa shape index (κ3) is 2.34. The summed E-state index contributed by atoms with van der Waals surface area (Å²) in [5.74, 6) is 2.00. The SMILES string of the molecule is CC(=O)N1N=C(c2cc3ccccc3o2)C[C@@H]1c1ccc2c(c1)OCO2. The standard InChI is InChI=1S/C20H16N2O4/c1-12(23)22-16(13-6-7-18-20(8-13)25-11-24-18)10-15(21-22)19-9-14-4-2-3-5-17(14)26-19/h2-9,16H,10-11H2,1H3/t16-/m1/s1. The molecule has 1 aromatic heterocycles. The lowest BCUT2D eigenvalue weighted by molar-refractivity contribution is -0.130. The van der Waals surface area contributed by atoms with E-state index < -0.39 is 0 Å². The highest BCUT2D eigenvalue weighted by atomic mass is 16.7. The number of hydrazone groups is 1. The number of benzene rings is 2. The molecule has 1 atom stereocenters. The van der Waals surface area contributed by atoms with Crippen LogP contribution < -0.4 is 9.47 Å². The van der Waals surface area contributed by atoms with Gasteiger partial charge in [0.1, 0.15) is 11.3 Å². The summed E-state index contributed by atoms with van der Waals surface area (Å²) in [5.41, 5.74) is 2.53. The fourth-order valence-electron chi connectivity index (χ4n) is 3.45. The van der Waals surface area contributed by atoms with E-state index in [1.165, 1.54) is 11.9 Å². The average Bonchev–Trinajstić information content (AvgIpc) is 3.37. The molecule has 0 bridgehead atoms. The van der Waals surface area contributed by atoms with Crippen LogP contribution in [0.2, 0.25) is 0 Å². The number of nitrogens with zero attached hydrogens (tertiary/aromatic N) is 2. The van der Waals surface area contributed by atoms with Crippen molar-refractivity contribution in [2.24, 2.45) is 5.10 Å². The first-order valence-corrected chi connectivity index (χ1v) is 8.45. The maximum atomic E-state index is 12.1. The molecule has 0 fully saturated rings.